The lowest BCUT2D eigenvalue weighted by Gasteiger charge is -2.46. The Balaban J connectivity index is 3.63. The van der Waals surface area contributed by atoms with Gasteiger partial charge in [-0.05, 0) is 33.5 Å². The quantitative estimate of drug-likeness (QED) is 0.730. The largest absolute Gasteiger partial charge is 0.496 e. The van der Waals surface area contributed by atoms with Crippen LogP contribution in [-0.2, 0) is 4.74 Å². The molecule has 0 saturated carbocycles. The summed E-state index contributed by atoms with van der Waals surface area (Å²) >= 11 is 0. The van der Waals surface area contributed by atoms with E-state index in [2.05, 4.69) is 62.3 Å². The average molecular weight is 294 g/mol. The molecule has 0 aliphatic heterocycles. The summed E-state index contributed by atoms with van der Waals surface area (Å²) in [7, 11) is 1.74. The van der Waals surface area contributed by atoms with Crippen molar-refractivity contribution in [2.45, 2.75) is 74.3 Å². The van der Waals surface area contributed by atoms with E-state index in [1.54, 1.807) is 7.11 Å². The molecule has 0 bridgehead atoms. The Hall–Kier alpha value is -0.760. The van der Waals surface area contributed by atoms with Gasteiger partial charge in [-0.2, -0.15) is 0 Å². The van der Waals surface area contributed by atoms with Crippen LogP contribution in [0.25, 0.3) is 0 Å². The Labute approximate surface area is 131 Å². The number of hydrogen-bond donors (Lipinski definition) is 1. The second kappa shape index (κ2) is 5.15. The van der Waals surface area contributed by atoms with Crippen molar-refractivity contribution >= 4 is 0 Å². The number of aliphatic hydroxyl groups is 1. The summed E-state index contributed by atoms with van der Waals surface area (Å²) in [6, 6.07) is 0. The van der Waals surface area contributed by atoms with Gasteiger partial charge < -0.3 is 9.84 Å². The third-order valence-electron chi connectivity index (χ3n) is 4.56. The summed E-state index contributed by atoms with van der Waals surface area (Å²) in [5.74, 6) is 0.962. The Morgan fingerprint density at radius 3 is 1.71 bits per heavy atom. The molecule has 2 nitrogen and oxygen atoms in total. The Morgan fingerprint density at radius 2 is 1.43 bits per heavy atom. The van der Waals surface area contributed by atoms with Crippen molar-refractivity contribution in [3.63, 3.8) is 0 Å². The fourth-order valence-electron chi connectivity index (χ4n) is 2.75. The molecule has 0 radical (unpaired) electrons. The molecule has 0 saturated heterocycles. The summed E-state index contributed by atoms with van der Waals surface area (Å²) < 4.78 is 5.78. The number of hydrogen-bond acceptors (Lipinski definition) is 2. The second-order valence-electron chi connectivity index (χ2n) is 9.42. The highest BCUT2D eigenvalue weighted by molar-refractivity contribution is 5.44. The molecule has 0 aromatic rings. The zero-order valence-corrected chi connectivity index (χ0v) is 15.6. The van der Waals surface area contributed by atoms with Gasteiger partial charge in [0.05, 0.1) is 12.7 Å². The molecule has 1 aliphatic carbocycles. The topological polar surface area (TPSA) is 29.5 Å². The van der Waals surface area contributed by atoms with Crippen LogP contribution in [-0.4, -0.2) is 17.8 Å². The van der Waals surface area contributed by atoms with Crippen molar-refractivity contribution in [2.24, 2.45) is 16.2 Å². The number of allylic oxidation sites excluding steroid dienone is 1. The molecule has 1 aliphatic rings. The Morgan fingerprint density at radius 1 is 0.952 bits per heavy atom. The lowest BCUT2D eigenvalue weighted by molar-refractivity contribution is -0.0219. The molecule has 0 heterocycles. The summed E-state index contributed by atoms with van der Waals surface area (Å²) in [5, 5.41) is 11.3. The van der Waals surface area contributed by atoms with Crippen LogP contribution in [0.15, 0.2) is 23.0 Å². The minimum atomic E-state index is -0.847. The highest BCUT2D eigenvalue weighted by Crippen LogP contribution is 2.50. The molecule has 0 aromatic heterocycles. The van der Waals surface area contributed by atoms with Gasteiger partial charge in [0.2, 0.25) is 0 Å². The molecule has 1 rings (SSSR count). The van der Waals surface area contributed by atoms with Crippen LogP contribution < -0.4 is 0 Å². The number of ether oxygens (including phenoxy) is 1. The molecule has 0 amide bonds. The molecular weight excluding hydrogens is 260 g/mol. The summed E-state index contributed by atoms with van der Waals surface area (Å²) in [5.41, 5.74) is 1.14. The smallest absolute Gasteiger partial charge is 0.122 e. The molecule has 0 fully saturated rings. The van der Waals surface area contributed by atoms with Gasteiger partial charge in [0.1, 0.15) is 5.76 Å². The van der Waals surface area contributed by atoms with Gasteiger partial charge in [-0.1, -0.05) is 62.3 Å². The predicted octanol–water partition coefficient (Wildman–Crippen LogP) is 5.09. The molecule has 0 aromatic carbocycles. The lowest BCUT2D eigenvalue weighted by Crippen LogP contribution is -2.45. The van der Waals surface area contributed by atoms with E-state index in [-0.39, 0.29) is 16.2 Å². The first-order valence-corrected chi connectivity index (χ1v) is 7.87. The monoisotopic (exact) mass is 294 g/mol. The maximum Gasteiger partial charge on any atom is 0.122 e. The van der Waals surface area contributed by atoms with Crippen LogP contribution in [0.4, 0.5) is 0 Å². The van der Waals surface area contributed by atoms with Gasteiger partial charge in [0, 0.05) is 6.42 Å². The fourth-order valence-corrected chi connectivity index (χ4v) is 2.75. The average Bonchev–Trinajstić information content (AvgIpc) is 2.24. The molecule has 2 heteroatoms. The lowest BCUT2D eigenvalue weighted by atomic mass is 9.63. The number of rotatable bonds is 1. The molecule has 21 heavy (non-hydrogen) atoms. The predicted molar refractivity (Wildman–Crippen MR) is 90.0 cm³/mol. The van der Waals surface area contributed by atoms with Crippen LogP contribution in [0.3, 0.4) is 0 Å². The van der Waals surface area contributed by atoms with Crippen LogP contribution >= 0.6 is 0 Å². The molecule has 122 valence electrons. The molecule has 1 N–H and O–H groups in total. The fraction of sp³-hybridized carbons (Fsp3) is 0.789. The van der Waals surface area contributed by atoms with Crippen molar-refractivity contribution in [1.82, 2.24) is 0 Å². The van der Waals surface area contributed by atoms with E-state index in [1.165, 1.54) is 5.57 Å². The van der Waals surface area contributed by atoms with Crippen molar-refractivity contribution in [1.29, 1.82) is 0 Å². The third-order valence-corrected chi connectivity index (χ3v) is 4.56. The van der Waals surface area contributed by atoms with E-state index in [0.29, 0.717) is 6.42 Å². The third kappa shape index (κ3) is 3.53. The molecule has 0 spiro atoms. The summed E-state index contributed by atoms with van der Waals surface area (Å²) in [6.45, 7) is 19.4. The van der Waals surface area contributed by atoms with E-state index >= 15 is 0 Å². The first kappa shape index (κ1) is 18.3. The van der Waals surface area contributed by atoms with Crippen LogP contribution in [0, 0.1) is 16.2 Å². The Bertz CT molecular complexity index is 461. The zero-order chi connectivity index (χ0) is 16.9. The summed E-state index contributed by atoms with van der Waals surface area (Å²) in [4.78, 5) is 0. The van der Waals surface area contributed by atoms with Gasteiger partial charge in [-0.3, -0.25) is 0 Å². The van der Waals surface area contributed by atoms with Crippen LogP contribution in [0.2, 0.25) is 0 Å². The van der Waals surface area contributed by atoms with Crippen LogP contribution in [0.5, 0.6) is 0 Å². The van der Waals surface area contributed by atoms with E-state index in [9.17, 15) is 5.11 Å². The van der Waals surface area contributed by atoms with Crippen molar-refractivity contribution in [2.75, 3.05) is 7.11 Å². The molecule has 1 atom stereocenters. The van der Waals surface area contributed by atoms with Crippen molar-refractivity contribution < 1.29 is 9.84 Å². The highest BCUT2D eigenvalue weighted by Gasteiger charge is 2.46. The maximum absolute atomic E-state index is 11.3. The van der Waals surface area contributed by atoms with Gasteiger partial charge in [-0.25, -0.2) is 0 Å². The molecular formula is C19H34O2. The normalized spacial score (nSPS) is 25.0. The Kier molecular flexibility index (Phi) is 4.49. The van der Waals surface area contributed by atoms with E-state index < -0.39 is 5.60 Å². The van der Waals surface area contributed by atoms with E-state index in [4.69, 9.17) is 4.74 Å². The van der Waals surface area contributed by atoms with Gasteiger partial charge >= 0.3 is 0 Å². The standard InChI is InChI=1S/C19H34O2/c1-16(2,3)13-11-19(20,18(7,8)9)12-14(15(13)21-10)17(4,5)6/h11,20H,12H2,1-10H3. The minimum Gasteiger partial charge on any atom is -0.496 e. The van der Waals surface area contributed by atoms with E-state index in [1.807, 2.05) is 6.08 Å². The van der Waals surface area contributed by atoms with Gasteiger partial charge in [0.25, 0.3) is 0 Å². The summed E-state index contributed by atoms with van der Waals surface area (Å²) in [6.07, 6.45) is 2.67. The maximum atomic E-state index is 11.3. The van der Waals surface area contributed by atoms with Gasteiger partial charge in [-0.15, -0.1) is 0 Å². The highest BCUT2D eigenvalue weighted by atomic mass is 16.5. The van der Waals surface area contributed by atoms with Gasteiger partial charge in [0.15, 0.2) is 0 Å². The van der Waals surface area contributed by atoms with Crippen molar-refractivity contribution in [3.8, 4) is 0 Å². The SMILES string of the molecule is COC1=C(C(C)(C)C)CC(O)(C(C)(C)C)C=C1C(C)(C)C. The first-order chi connectivity index (χ1) is 9.13. The minimum absolute atomic E-state index is 0.0324. The van der Waals surface area contributed by atoms with Crippen LogP contribution in [0.1, 0.15) is 68.7 Å². The van der Waals surface area contributed by atoms with Crippen molar-refractivity contribution in [3.05, 3.63) is 23.0 Å². The first-order valence-electron chi connectivity index (χ1n) is 7.87. The number of methoxy groups -OCH3 is 1. The zero-order valence-electron chi connectivity index (χ0n) is 15.6. The van der Waals surface area contributed by atoms with E-state index in [0.717, 1.165) is 11.3 Å². The second-order valence-corrected chi connectivity index (χ2v) is 9.42. The molecule has 1 unspecified atom stereocenters.